The number of alkyl carbamates (subject to hydrolysis) is 1. The van der Waals surface area contributed by atoms with Crippen LogP contribution in [0.1, 0.15) is 77.1 Å². The first-order chi connectivity index (χ1) is 17.8. The summed E-state index contributed by atoms with van der Waals surface area (Å²) in [6.07, 6.45) is 0.905. The topological polar surface area (TPSA) is 108 Å². The van der Waals surface area contributed by atoms with Crippen LogP contribution in [0.25, 0.3) is 0 Å². The molecule has 0 aliphatic carbocycles. The number of carbonyl (C=O) groups excluding carboxylic acids is 3. The zero-order chi connectivity index (χ0) is 28.5. The van der Waals surface area contributed by atoms with E-state index < -0.39 is 35.6 Å². The zero-order valence-corrected chi connectivity index (χ0v) is 23.7. The maximum absolute atomic E-state index is 14.2. The van der Waals surface area contributed by atoms with Crippen LogP contribution >= 0.6 is 0 Å². The molecule has 2 atom stereocenters. The molecule has 2 aromatic rings. The van der Waals surface area contributed by atoms with E-state index in [0.29, 0.717) is 17.5 Å². The van der Waals surface area contributed by atoms with Crippen molar-refractivity contribution in [2.45, 2.75) is 91.5 Å². The first kappa shape index (κ1) is 30.7. The van der Waals surface area contributed by atoms with Gasteiger partial charge >= 0.3 is 6.09 Å². The lowest BCUT2D eigenvalue weighted by molar-refractivity contribution is -0.142. The maximum Gasteiger partial charge on any atom is 0.408 e. The summed E-state index contributed by atoms with van der Waals surface area (Å²) >= 11 is 0. The van der Waals surface area contributed by atoms with E-state index in [9.17, 15) is 19.5 Å². The van der Waals surface area contributed by atoms with Gasteiger partial charge in [0.05, 0.1) is 0 Å². The van der Waals surface area contributed by atoms with E-state index in [0.717, 1.165) is 12.0 Å². The number of nitrogens with zero attached hydrogens (tertiary/aromatic N) is 1. The van der Waals surface area contributed by atoms with Crippen LogP contribution in [0.4, 0.5) is 4.79 Å². The molecule has 8 nitrogen and oxygen atoms in total. The van der Waals surface area contributed by atoms with Crippen molar-refractivity contribution in [1.29, 1.82) is 0 Å². The molecule has 0 bridgehead atoms. The van der Waals surface area contributed by atoms with Crippen molar-refractivity contribution in [3.63, 3.8) is 0 Å². The fourth-order valence-electron chi connectivity index (χ4n) is 4.11. The third-order valence-electron chi connectivity index (χ3n) is 5.86. The Hall–Kier alpha value is -3.55. The zero-order valence-electron chi connectivity index (χ0n) is 23.7. The average Bonchev–Trinajstić information content (AvgIpc) is 2.82. The molecule has 3 amide bonds. The molecule has 0 fully saturated rings. The largest absolute Gasteiger partial charge is 0.507 e. The molecule has 2 unspecified atom stereocenters. The number of carbonyl (C=O) groups is 3. The molecule has 38 heavy (non-hydrogen) atoms. The summed E-state index contributed by atoms with van der Waals surface area (Å²) in [5.41, 5.74) is 1.03. The van der Waals surface area contributed by atoms with Gasteiger partial charge in [-0.1, -0.05) is 61.9 Å². The molecule has 3 N–H and O–H groups in total. The number of amides is 3. The monoisotopic (exact) mass is 525 g/mol. The number of hydrogen-bond acceptors (Lipinski definition) is 5. The second-order valence-electron chi connectivity index (χ2n) is 10.9. The number of phenolic OH excluding ortho intramolecular Hbond substituents is 1. The van der Waals surface area contributed by atoms with Crippen LogP contribution in [-0.4, -0.2) is 52.1 Å². The third-order valence-corrected chi connectivity index (χ3v) is 5.86. The SMILES string of the molecule is CCCCN(C(=O)C(Cc1ccccc1)NC(=O)OC(C)(C)C)C(C(=O)NC(C)C)c1cccc(C)c1O. The number of unbranched alkanes of at least 4 members (excludes halogenated alkanes) is 1. The molecule has 208 valence electrons. The summed E-state index contributed by atoms with van der Waals surface area (Å²) in [7, 11) is 0. The van der Waals surface area contributed by atoms with Crippen molar-refractivity contribution in [3.05, 3.63) is 65.2 Å². The molecule has 2 rings (SSSR count). The quantitative estimate of drug-likeness (QED) is 0.381. The molecule has 0 heterocycles. The molecule has 8 heteroatoms. The van der Waals surface area contributed by atoms with E-state index in [1.165, 1.54) is 4.90 Å². The van der Waals surface area contributed by atoms with Gasteiger partial charge in [0.25, 0.3) is 0 Å². The Morgan fingerprint density at radius 1 is 1.00 bits per heavy atom. The highest BCUT2D eigenvalue weighted by Crippen LogP contribution is 2.32. The summed E-state index contributed by atoms with van der Waals surface area (Å²) < 4.78 is 5.46. The lowest BCUT2D eigenvalue weighted by atomic mass is 9.97. The Bertz CT molecular complexity index is 1080. The maximum atomic E-state index is 14.2. The minimum absolute atomic E-state index is 0.0367. The molecule has 0 saturated carbocycles. The normalized spacial score (nSPS) is 12.9. The number of phenols is 1. The Morgan fingerprint density at radius 3 is 2.24 bits per heavy atom. The molecule has 2 aromatic carbocycles. The summed E-state index contributed by atoms with van der Waals surface area (Å²) in [5, 5.41) is 16.6. The number of rotatable bonds is 11. The van der Waals surface area contributed by atoms with Gasteiger partial charge in [-0.15, -0.1) is 0 Å². The van der Waals surface area contributed by atoms with Crippen LogP contribution in [0.15, 0.2) is 48.5 Å². The van der Waals surface area contributed by atoms with E-state index >= 15 is 0 Å². The van der Waals surface area contributed by atoms with E-state index in [4.69, 9.17) is 4.74 Å². The lowest BCUT2D eigenvalue weighted by Crippen LogP contribution is -2.54. The first-order valence-electron chi connectivity index (χ1n) is 13.3. The van der Waals surface area contributed by atoms with E-state index in [1.54, 1.807) is 45.9 Å². The molecule has 0 spiro atoms. The summed E-state index contributed by atoms with van der Waals surface area (Å²) in [6, 6.07) is 12.3. The highest BCUT2D eigenvalue weighted by Gasteiger charge is 2.37. The number of ether oxygens (including phenoxy) is 1. The Morgan fingerprint density at radius 2 is 1.66 bits per heavy atom. The Balaban J connectivity index is 2.58. The van der Waals surface area contributed by atoms with Gasteiger partial charge in [0.1, 0.15) is 23.4 Å². The van der Waals surface area contributed by atoms with E-state index in [-0.39, 0.29) is 24.8 Å². The number of aromatic hydroxyl groups is 1. The summed E-state index contributed by atoms with van der Waals surface area (Å²) in [4.78, 5) is 42.1. The fraction of sp³-hybridized carbons (Fsp3) is 0.500. The molecule has 0 saturated heterocycles. The van der Waals surface area contributed by atoms with Crippen molar-refractivity contribution in [2.75, 3.05) is 6.54 Å². The minimum atomic E-state index is -1.09. The predicted molar refractivity (Wildman–Crippen MR) is 149 cm³/mol. The van der Waals surface area contributed by atoms with Crippen molar-refractivity contribution in [1.82, 2.24) is 15.5 Å². The number of hydrogen-bond donors (Lipinski definition) is 3. The van der Waals surface area contributed by atoms with E-state index in [1.807, 2.05) is 51.1 Å². The van der Waals surface area contributed by atoms with Crippen LogP contribution in [0.2, 0.25) is 0 Å². The van der Waals surface area contributed by atoms with Crippen LogP contribution < -0.4 is 10.6 Å². The molecular formula is C30H43N3O5. The predicted octanol–water partition coefficient (Wildman–Crippen LogP) is 5.03. The third kappa shape index (κ3) is 9.08. The smallest absolute Gasteiger partial charge is 0.408 e. The number of para-hydroxylation sites is 1. The first-order valence-corrected chi connectivity index (χ1v) is 13.3. The standard InChI is InChI=1S/C30H43N3O5/c1-8-9-18-33(25(27(35)31-20(2)3)23-17-13-14-21(4)26(23)34)28(36)24(19-22-15-11-10-12-16-22)32-29(37)38-30(5,6)7/h10-17,20,24-25,34H,8-9,18-19H2,1-7H3,(H,31,35)(H,32,37). The number of nitrogens with one attached hydrogen (secondary N) is 2. The Kier molecular flexibility index (Phi) is 11.2. The lowest BCUT2D eigenvalue weighted by Gasteiger charge is -2.35. The fourth-order valence-corrected chi connectivity index (χ4v) is 4.11. The van der Waals surface area contributed by atoms with Gasteiger partial charge in [-0.3, -0.25) is 9.59 Å². The molecule has 0 aliphatic rings. The second-order valence-corrected chi connectivity index (χ2v) is 10.9. The Labute approximate surface area is 226 Å². The molecule has 0 radical (unpaired) electrons. The van der Waals surface area contributed by atoms with Crippen molar-refractivity contribution in [2.24, 2.45) is 0 Å². The molecule has 0 aliphatic heterocycles. The average molecular weight is 526 g/mol. The number of benzene rings is 2. The molecule has 0 aromatic heterocycles. The van der Waals surface area contributed by atoms with Gasteiger partial charge in [0.2, 0.25) is 11.8 Å². The van der Waals surface area contributed by atoms with Gasteiger partial charge in [-0.2, -0.15) is 0 Å². The summed E-state index contributed by atoms with van der Waals surface area (Å²) in [5.74, 6) is -0.871. The highest BCUT2D eigenvalue weighted by atomic mass is 16.6. The van der Waals surface area contributed by atoms with Crippen molar-refractivity contribution in [3.8, 4) is 5.75 Å². The highest BCUT2D eigenvalue weighted by molar-refractivity contribution is 5.92. The van der Waals surface area contributed by atoms with E-state index in [2.05, 4.69) is 10.6 Å². The van der Waals surface area contributed by atoms with Gasteiger partial charge in [-0.25, -0.2) is 4.79 Å². The van der Waals surface area contributed by atoms with Gasteiger partial charge in [0, 0.05) is 24.6 Å². The summed E-state index contributed by atoms with van der Waals surface area (Å²) in [6.45, 7) is 12.9. The minimum Gasteiger partial charge on any atom is -0.507 e. The van der Waals surface area contributed by atoms with Crippen molar-refractivity contribution < 1.29 is 24.2 Å². The van der Waals surface area contributed by atoms with Crippen LogP contribution in [0.5, 0.6) is 5.75 Å². The number of aryl methyl sites for hydroxylation is 1. The van der Waals surface area contributed by atoms with Gasteiger partial charge in [0.15, 0.2) is 0 Å². The van der Waals surface area contributed by atoms with Crippen molar-refractivity contribution >= 4 is 17.9 Å². The van der Waals surface area contributed by atoms with Crippen LogP contribution in [-0.2, 0) is 20.7 Å². The van der Waals surface area contributed by atoms with Gasteiger partial charge < -0.3 is 25.4 Å². The van der Waals surface area contributed by atoms with Crippen LogP contribution in [0.3, 0.4) is 0 Å². The van der Waals surface area contributed by atoms with Crippen LogP contribution in [0, 0.1) is 6.92 Å². The second kappa shape index (κ2) is 13.8. The van der Waals surface area contributed by atoms with Gasteiger partial charge in [-0.05, 0) is 59.1 Å². The molecular weight excluding hydrogens is 482 g/mol.